The van der Waals surface area contributed by atoms with Crippen molar-refractivity contribution in [3.05, 3.63) is 42.5 Å². The minimum Gasteiger partial charge on any atom is -0.495 e. The van der Waals surface area contributed by atoms with Gasteiger partial charge in [0.25, 0.3) is 10.0 Å². The molecule has 0 aliphatic heterocycles. The zero-order valence-corrected chi connectivity index (χ0v) is 16.5. The molecule has 142 valence electrons. The van der Waals surface area contributed by atoms with E-state index in [-0.39, 0.29) is 16.4 Å². The maximum absolute atomic E-state index is 12.8. The van der Waals surface area contributed by atoms with Crippen molar-refractivity contribution in [3.8, 4) is 17.7 Å². The van der Waals surface area contributed by atoms with Crippen molar-refractivity contribution in [3.63, 3.8) is 0 Å². The molecule has 10 heteroatoms. The number of sulfonamides is 1. The summed E-state index contributed by atoms with van der Waals surface area (Å²) in [5.74, 6) is 0.311. The molecule has 27 heavy (non-hydrogen) atoms. The number of nitrogens with zero attached hydrogens (tertiary/aromatic N) is 2. The SMILES string of the molecule is COc1cc(S(=O)(=O)Nc2ccccc2)c(OC)cc1N=C(NC#N)SC. The molecule has 0 unspecified atom stereocenters. The van der Waals surface area contributed by atoms with Crippen LogP contribution in [0.2, 0.25) is 0 Å². The number of rotatable bonds is 6. The Morgan fingerprint density at radius 2 is 1.81 bits per heavy atom. The molecule has 2 aromatic carbocycles. The van der Waals surface area contributed by atoms with Crippen molar-refractivity contribution in [2.45, 2.75) is 4.90 Å². The minimum absolute atomic E-state index is 0.0930. The topological polar surface area (TPSA) is 113 Å². The average Bonchev–Trinajstić information content (AvgIpc) is 2.67. The first-order valence-corrected chi connectivity index (χ1v) is 10.3. The van der Waals surface area contributed by atoms with Crippen LogP contribution >= 0.6 is 11.8 Å². The highest BCUT2D eigenvalue weighted by atomic mass is 32.2. The Morgan fingerprint density at radius 3 is 2.37 bits per heavy atom. The predicted octanol–water partition coefficient (Wildman–Crippen LogP) is 2.93. The van der Waals surface area contributed by atoms with E-state index in [9.17, 15) is 8.42 Å². The third-order valence-electron chi connectivity index (χ3n) is 3.36. The fourth-order valence-electron chi connectivity index (χ4n) is 2.15. The molecule has 0 saturated carbocycles. The quantitative estimate of drug-likeness (QED) is 0.328. The molecule has 0 spiro atoms. The van der Waals surface area contributed by atoms with E-state index < -0.39 is 10.0 Å². The van der Waals surface area contributed by atoms with E-state index >= 15 is 0 Å². The standard InChI is InChI=1S/C17H18N4O4S2/c1-24-14-10-16(27(22,23)21-12-7-5-4-6-8-12)15(25-2)9-13(14)20-17(26-3)19-11-18/h4-10,21H,1-3H3,(H,19,20). The summed E-state index contributed by atoms with van der Waals surface area (Å²) in [7, 11) is -1.16. The van der Waals surface area contributed by atoms with Crippen LogP contribution in [0.25, 0.3) is 0 Å². The number of aliphatic imine (C=N–C) groups is 1. The van der Waals surface area contributed by atoms with Crippen molar-refractivity contribution in [1.29, 1.82) is 5.26 Å². The zero-order chi connectivity index (χ0) is 19.9. The fourth-order valence-corrected chi connectivity index (χ4v) is 3.71. The van der Waals surface area contributed by atoms with Gasteiger partial charge in [-0.3, -0.25) is 10.0 Å². The maximum atomic E-state index is 12.8. The number of ether oxygens (including phenoxy) is 2. The number of hydrogen-bond donors (Lipinski definition) is 2. The second kappa shape index (κ2) is 9.16. The highest BCUT2D eigenvalue weighted by Crippen LogP contribution is 2.38. The van der Waals surface area contributed by atoms with Gasteiger partial charge >= 0.3 is 0 Å². The van der Waals surface area contributed by atoms with E-state index in [4.69, 9.17) is 14.7 Å². The van der Waals surface area contributed by atoms with E-state index in [1.165, 1.54) is 38.1 Å². The molecule has 0 fully saturated rings. The van der Waals surface area contributed by atoms with Crippen LogP contribution in [0.5, 0.6) is 11.5 Å². The number of para-hydroxylation sites is 1. The summed E-state index contributed by atoms with van der Waals surface area (Å²) in [4.78, 5) is 4.19. The first kappa shape index (κ1) is 20.4. The molecule has 2 N–H and O–H groups in total. The van der Waals surface area contributed by atoms with E-state index in [0.717, 1.165) is 0 Å². The molecule has 8 nitrogen and oxygen atoms in total. The first-order valence-electron chi connectivity index (χ1n) is 7.56. The third kappa shape index (κ3) is 5.06. The van der Waals surface area contributed by atoms with Crippen LogP contribution in [-0.2, 0) is 10.0 Å². The molecule has 0 heterocycles. The molecule has 0 saturated heterocycles. The van der Waals surface area contributed by atoms with Crippen LogP contribution in [-0.4, -0.2) is 34.1 Å². The summed E-state index contributed by atoms with van der Waals surface area (Å²) in [6.45, 7) is 0. The van der Waals surface area contributed by atoms with Gasteiger partial charge in [0.05, 0.1) is 14.2 Å². The van der Waals surface area contributed by atoms with Crippen LogP contribution < -0.4 is 19.5 Å². The lowest BCUT2D eigenvalue weighted by atomic mass is 10.3. The molecule has 2 aromatic rings. The monoisotopic (exact) mass is 406 g/mol. The van der Waals surface area contributed by atoms with Crippen molar-refractivity contribution < 1.29 is 17.9 Å². The normalized spacial score (nSPS) is 11.4. The number of thioether (sulfide) groups is 1. The Morgan fingerprint density at radius 1 is 1.15 bits per heavy atom. The summed E-state index contributed by atoms with van der Waals surface area (Å²) in [5, 5.41) is 11.5. The van der Waals surface area contributed by atoms with Gasteiger partial charge in [-0.15, -0.1) is 0 Å². The largest absolute Gasteiger partial charge is 0.495 e. The highest BCUT2D eigenvalue weighted by molar-refractivity contribution is 8.13. The number of amidine groups is 1. The molecular formula is C17H18N4O4S2. The smallest absolute Gasteiger partial charge is 0.265 e. The number of nitriles is 1. The van der Waals surface area contributed by atoms with Crippen molar-refractivity contribution in [2.75, 3.05) is 25.2 Å². The van der Waals surface area contributed by atoms with Crippen molar-refractivity contribution >= 4 is 38.3 Å². The van der Waals surface area contributed by atoms with Crippen LogP contribution in [0, 0.1) is 11.5 Å². The first-order chi connectivity index (χ1) is 12.9. The summed E-state index contributed by atoms with van der Waals surface area (Å²) in [6, 6.07) is 11.3. The van der Waals surface area contributed by atoms with Gasteiger partial charge in [0.1, 0.15) is 22.1 Å². The van der Waals surface area contributed by atoms with Gasteiger partial charge in [0, 0.05) is 17.8 Å². The Bertz CT molecular complexity index is 970. The van der Waals surface area contributed by atoms with Gasteiger partial charge in [0.2, 0.25) is 0 Å². The van der Waals surface area contributed by atoms with Crippen molar-refractivity contribution in [1.82, 2.24) is 5.32 Å². The number of anilines is 1. The average molecular weight is 406 g/mol. The second-order valence-corrected chi connectivity index (χ2v) is 7.45. The Labute approximate surface area is 162 Å². The van der Waals surface area contributed by atoms with Gasteiger partial charge in [0.15, 0.2) is 11.4 Å². The molecule has 0 atom stereocenters. The number of nitrogens with one attached hydrogen (secondary N) is 2. The number of hydrogen-bond acceptors (Lipinski definition) is 7. The van der Waals surface area contributed by atoms with E-state index in [0.29, 0.717) is 16.5 Å². The molecule has 0 aromatic heterocycles. The third-order valence-corrected chi connectivity index (χ3v) is 5.34. The van der Waals surface area contributed by atoms with Gasteiger partial charge in [-0.2, -0.15) is 5.26 Å². The van der Waals surface area contributed by atoms with Gasteiger partial charge in [-0.25, -0.2) is 13.4 Å². The molecule has 2 rings (SSSR count). The Kier molecular flexibility index (Phi) is 6.92. The molecule has 0 aliphatic carbocycles. The summed E-state index contributed by atoms with van der Waals surface area (Å²) in [6.07, 6.45) is 3.53. The highest BCUT2D eigenvalue weighted by Gasteiger charge is 2.23. The van der Waals surface area contributed by atoms with E-state index in [2.05, 4.69) is 15.0 Å². The Balaban J connectivity index is 2.53. The molecule has 0 amide bonds. The molecule has 0 radical (unpaired) electrons. The number of benzene rings is 2. The number of methoxy groups -OCH3 is 2. The summed E-state index contributed by atoms with van der Waals surface area (Å²) in [5.41, 5.74) is 0.739. The zero-order valence-electron chi connectivity index (χ0n) is 14.9. The lowest BCUT2D eigenvalue weighted by Gasteiger charge is -2.15. The van der Waals surface area contributed by atoms with Crippen LogP contribution in [0.15, 0.2) is 52.4 Å². The lowest BCUT2D eigenvalue weighted by molar-refractivity contribution is 0.393. The van der Waals surface area contributed by atoms with Gasteiger partial charge in [-0.1, -0.05) is 30.0 Å². The van der Waals surface area contributed by atoms with Gasteiger partial charge in [-0.05, 0) is 18.4 Å². The van der Waals surface area contributed by atoms with E-state index in [1.54, 1.807) is 42.8 Å². The molecule has 0 aliphatic rings. The summed E-state index contributed by atoms with van der Waals surface area (Å²) < 4.78 is 38.6. The lowest BCUT2D eigenvalue weighted by Crippen LogP contribution is -2.14. The molecule has 0 bridgehead atoms. The van der Waals surface area contributed by atoms with Crippen LogP contribution in [0.1, 0.15) is 0 Å². The van der Waals surface area contributed by atoms with Crippen LogP contribution in [0.4, 0.5) is 11.4 Å². The van der Waals surface area contributed by atoms with Gasteiger partial charge < -0.3 is 9.47 Å². The van der Waals surface area contributed by atoms with Crippen molar-refractivity contribution in [2.24, 2.45) is 4.99 Å². The Hall–Kier alpha value is -2.90. The maximum Gasteiger partial charge on any atom is 0.265 e. The minimum atomic E-state index is -3.93. The molecular weight excluding hydrogens is 388 g/mol. The predicted molar refractivity (Wildman–Crippen MR) is 106 cm³/mol. The fraction of sp³-hybridized carbons (Fsp3) is 0.176. The summed E-state index contributed by atoms with van der Waals surface area (Å²) >= 11 is 1.22. The second-order valence-electron chi connectivity index (χ2n) is 5.00. The van der Waals surface area contributed by atoms with E-state index in [1.807, 2.05) is 0 Å². The van der Waals surface area contributed by atoms with Crippen LogP contribution in [0.3, 0.4) is 0 Å².